The molecule has 0 amide bonds. The zero-order valence-electron chi connectivity index (χ0n) is 10.7. The molecule has 2 nitrogen and oxygen atoms in total. The number of aromatic amines is 1. The molecule has 0 saturated heterocycles. The van der Waals surface area contributed by atoms with Crippen molar-refractivity contribution >= 4 is 46.5 Å². The fourth-order valence-corrected chi connectivity index (χ4v) is 3.03. The number of imidazole rings is 1. The Labute approximate surface area is 132 Å². The van der Waals surface area contributed by atoms with Crippen LogP contribution in [0.4, 0.5) is 0 Å². The first-order valence-corrected chi connectivity index (χ1v) is 7.38. The van der Waals surface area contributed by atoms with Gasteiger partial charge in [0.25, 0.3) is 0 Å². The van der Waals surface area contributed by atoms with Gasteiger partial charge in [0, 0.05) is 10.0 Å². The van der Waals surface area contributed by atoms with Gasteiger partial charge in [-0.05, 0) is 55.0 Å². The Morgan fingerprint density at radius 1 is 1.05 bits per heavy atom. The summed E-state index contributed by atoms with van der Waals surface area (Å²) in [7, 11) is 0. The highest BCUT2D eigenvalue weighted by molar-refractivity contribution is 7.71. The molecule has 20 heavy (non-hydrogen) atoms. The summed E-state index contributed by atoms with van der Waals surface area (Å²) in [4.78, 5) is 3.21. The van der Waals surface area contributed by atoms with Crippen molar-refractivity contribution in [2.75, 3.05) is 0 Å². The van der Waals surface area contributed by atoms with Crippen molar-refractivity contribution in [3.8, 4) is 0 Å². The third kappa shape index (κ3) is 2.37. The van der Waals surface area contributed by atoms with Crippen LogP contribution in [0.3, 0.4) is 0 Å². The van der Waals surface area contributed by atoms with Crippen LogP contribution in [0.5, 0.6) is 0 Å². The van der Waals surface area contributed by atoms with Crippen molar-refractivity contribution in [3.63, 3.8) is 0 Å². The Morgan fingerprint density at radius 2 is 1.70 bits per heavy atom. The van der Waals surface area contributed by atoms with Crippen LogP contribution in [-0.2, 0) is 0 Å². The minimum atomic E-state index is 0.104. The zero-order chi connectivity index (χ0) is 14.3. The van der Waals surface area contributed by atoms with Gasteiger partial charge in [-0.3, -0.25) is 0 Å². The molecule has 1 N–H and O–H groups in total. The van der Waals surface area contributed by atoms with Gasteiger partial charge in [-0.2, -0.15) is 0 Å². The van der Waals surface area contributed by atoms with Gasteiger partial charge >= 0.3 is 0 Å². The summed E-state index contributed by atoms with van der Waals surface area (Å²) in [5.74, 6) is 0. The van der Waals surface area contributed by atoms with Gasteiger partial charge < -0.3 is 9.55 Å². The highest BCUT2D eigenvalue weighted by Crippen LogP contribution is 2.27. The number of fused-ring (bicyclic) bond motifs is 1. The average Bonchev–Trinajstić information content (AvgIpc) is 2.74. The fraction of sp³-hybridized carbons (Fsp3) is 0.133. The van der Waals surface area contributed by atoms with E-state index >= 15 is 0 Å². The average molecular weight is 323 g/mol. The van der Waals surface area contributed by atoms with Crippen molar-refractivity contribution < 1.29 is 0 Å². The molecule has 1 heterocycles. The van der Waals surface area contributed by atoms with Gasteiger partial charge in [-0.1, -0.05) is 35.3 Å². The lowest BCUT2D eigenvalue weighted by molar-refractivity contribution is 0.649. The summed E-state index contributed by atoms with van der Waals surface area (Å²) in [6.45, 7) is 2.10. The number of hydrogen-bond acceptors (Lipinski definition) is 1. The molecule has 3 aromatic rings. The summed E-state index contributed by atoms with van der Waals surface area (Å²) in [6.07, 6.45) is 0. The van der Waals surface area contributed by atoms with E-state index in [1.807, 2.05) is 42.5 Å². The van der Waals surface area contributed by atoms with E-state index in [1.54, 1.807) is 0 Å². The summed E-state index contributed by atoms with van der Waals surface area (Å²) in [6, 6.07) is 13.6. The molecule has 2 aromatic carbocycles. The Kier molecular flexibility index (Phi) is 3.59. The van der Waals surface area contributed by atoms with E-state index in [4.69, 9.17) is 35.4 Å². The molecular weight excluding hydrogens is 311 g/mol. The number of nitrogens with zero attached hydrogens (tertiary/aromatic N) is 1. The lowest BCUT2D eigenvalue weighted by atomic mass is 10.1. The van der Waals surface area contributed by atoms with Crippen LogP contribution < -0.4 is 0 Å². The highest BCUT2D eigenvalue weighted by Gasteiger charge is 2.13. The first-order chi connectivity index (χ1) is 9.56. The fourth-order valence-electron chi connectivity index (χ4n) is 2.37. The highest BCUT2D eigenvalue weighted by atomic mass is 35.5. The molecule has 0 fully saturated rings. The third-order valence-electron chi connectivity index (χ3n) is 3.42. The number of benzene rings is 2. The van der Waals surface area contributed by atoms with Crippen LogP contribution in [0.15, 0.2) is 42.5 Å². The van der Waals surface area contributed by atoms with Gasteiger partial charge in [0.15, 0.2) is 4.77 Å². The second kappa shape index (κ2) is 5.24. The molecule has 3 rings (SSSR count). The van der Waals surface area contributed by atoms with Crippen LogP contribution in [0.25, 0.3) is 11.0 Å². The second-order valence-corrected chi connectivity index (χ2v) is 5.95. The van der Waals surface area contributed by atoms with Crippen molar-refractivity contribution in [1.29, 1.82) is 0 Å². The van der Waals surface area contributed by atoms with Crippen LogP contribution in [0, 0.1) is 4.77 Å². The first kappa shape index (κ1) is 13.7. The largest absolute Gasteiger partial charge is 0.331 e. The van der Waals surface area contributed by atoms with Crippen molar-refractivity contribution in [3.05, 3.63) is 62.8 Å². The number of nitrogens with one attached hydrogen (secondary N) is 1. The maximum atomic E-state index is 6.09. The summed E-state index contributed by atoms with van der Waals surface area (Å²) >= 11 is 17.5. The quantitative estimate of drug-likeness (QED) is 0.607. The molecule has 0 saturated carbocycles. The van der Waals surface area contributed by atoms with Crippen molar-refractivity contribution in [2.24, 2.45) is 0 Å². The summed E-state index contributed by atoms with van der Waals surface area (Å²) in [5.41, 5.74) is 3.14. The van der Waals surface area contributed by atoms with E-state index in [0.29, 0.717) is 9.79 Å². The molecule has 0 aliphatic carbocycles. The van der Waals surface area contributed by atoms with Gasteiger partial charge in [0.05, 0.1) is 17.1 Å². The minimum Gasteiger partial charge on any atom is -0.331 e. The molecule has 1 unspecified atom stereocenters. The van der Waals surface area contributed by atoms with E-state index in [-0.39, 0.29) is 6.04 Å². The Bertz CT molecular complexity index is 818. The summed E-state index contributed by atoms with van der Waals surface area (Å²) in [5, 5.41) is 1.43. The maximum absolute atomic E-state index is 6.09. The standard InChI is InChI=1S/C15H12Cl2N2S/c1-9(10-2-4-11(16)5-3-10)19-14-8-12(17)6-7-13(14)18-15(19)20/h2-9H,1H3,(H,18,20). The second-order valence-electron chi connectivity index (χ2n) is 4.69. The van der Waals surface area contributed by atoms with Gasteiger partial charge in [0.2, 0.25) is 0 Å². The number of aromatic nitrogens is 2. The molecule has 0 aliphatic heterocycles. The molecule has 0 radical (unpaired) electrons. The molecule has 0 aliphatic rings. The number of H-pyrrole nitrogens is 1. The lowest BCUT2D eigenvalue weighted by Crippen LogP contribution is -2.06. The predicted octanol–water partition coefficient (Wildman–Crippen LogP) is 5.61. The lowest BCUT2D eigenvalue weighted by Gasteiger charge is -2.15. The normalized spacial score (nSPS) is 12.8. The Morgan fingerprint density at radius 3 is 2.40 bits per heavy atom. The molecule has 5 heteroatoms. The molecule has 102 valence electrons. The summed E-state index contributed by atoms with van der Waals surface area (Å²) < 4.78 is 2.75. The monoisotopic (exact) mass is 322 g/mol. The third-order valence-corrected chi connectivity index (χ3v) is 4.21. The van der Waals surface area contributed by atoms with Gasteiger partial charge in [0.1, 0.15) is 0 Å². The molecule has 0 spiro atoms. The van der Waals surface area contributed by atoms with E-state index < -0.39 is 0 Å². The number of rotatable bonds is 2. The first-order valence-electron chi connectivity index (χ1n) is 6.21. The number of halogens is 2. The van der Waals surface area contributed by atoms with E-state index in [0.717, 1.165) is 21.6 Å². The Hall–Kier alpha value is -1.29. The predicted molar refractivity (Wildman–Crippen MR) is 87.4 cm³/mol. The topological polar surface area (TPSA) is 20.7 Å². The van der Waals surface area contributed by atoms with Crippen molar-refractivity contribution in [2.45, 2.75) is 13.0 Å². The zero-order valence-corrected chi connectivity index (χ0v) is 13.1. The van der Waals surface area contributed by atoms with Crippen LogP contribution in [0.2, 0.25) is 10.0 Å². The molecule has 1 atom stereocenters. The molecule has 1 aromatic heterocycles. The van der Waals surface area contributed by atoms with Crippen LogP contribution >= 0.6 is 35.4 Å². The Balaban J connectivity index is 2.18. The van der Waals surface area contributed by atoms with E-state index in [9.17, 15) is 0 Å². The minimum absolute atomic E-state index is 0.104. The smallest absolute Gasteiger partial charge is 0.178 e. The number of hydrogen-bond donors (Lipinski definition) is 1. The molecule has 0 bridgehead atoms. The van der Waals surface area contributed by atoms with Crippen LogP contribution in [-0.4, -0.2) is 9.55 Å². The van der Waals surface area contributed by atoms with Gasteiger partial charge in [-0.15, -0.1) is 0 Å². The molecular formula is C15H12Cl2N2S. The van der Waals surface area contributed by atoms with E-state index in [1.165, 1.54) is 0 Å². The maximum Gasteiger partial charge on any atom is 0.178 e. The van der Waals surface area contributed by atoms with Crippen molar-refractivity contribution in [1.82, 2.24) is 9.55 Å². The SMILES string of the molecule is CC(c1ccc(Cl)cc1)n1c(=S)[nH]c2ccc(Cl)cc21. The van der Waals surface area contributed by atoms with E-state index in [2.05, 4.69) is 16.5 Å². The van der Waals surface area contributed by atoms with Crippen LogP contribution in [0.1, 0.15) is 18.5 Å². The van der Waals surface area contributed by atoms with Gasteiger partial charge in [-0.25, -0.2) is 0 Å².